The van der Waals surface area contributed by atoms with Gasteiger partial charge in [0.1, 0.15) is 12.2 Å². The first kappa shape index (κ1) is 25.1. The fourth-order valence-corrected chi connectivity index (χ4v) is 6.07. The summed E-state index contributed by atoms with van der Waals surface area (Å²) >= 11 is 0. The molecule has 0 radical (unpaired) electrons. The Hall–Kier alpha value is -2.52. The molecular formula is C20H15F9O7. The Morgan fingerprint density at radius 1 is 0.861 bits per heavy atom. The van der Waals surface area contributed by atoms with E-state index in [9.17, 15) is 53.9 Å². The number of ether oxygens (including phenoxy) is 4. The SMILES string of the molecule is O=C(OC1C2CC3C1OC(=O)C3C2C(=O)OC(C(F)(F)F)(C(F)(F)F)C(F)(F)F)C1CC2C=CC1O2. The summed E-state index contributed by atoms with van der Waals surface area (Å²) in [6.45, 7) is 0. The lowest BCUT2D eigenvalue weighted by Gasteiger charge is -2.39. The van der Waals surface area contributed by atoms with Crippen LogP contribution in [0.2, 0.25) is 0 Å². The molecule has 2 saturated heterocycles. The van der Waals surface area contributed by atoms with Crippen molar-refractivity contribution < 1.29 is 72.8 Å². The number of hydrogen-bond donors (Lipinski definition) is 0. The second-order valence-corrected chi connectivity index (χ2v) is 9.38. The Labute approximate surface area is 194 Å². The number of esters is 3. The zero-order valence-electron chi connectivity index (χ0n) is 17.5. The van der Waals surface area contributed by atoms with Gasteiger partial charge in [-0.25, -0.2) is 0 Å². The van der Waals surface area contributed by atoms with Gasteiger partial charge in [0.2, 0.25) is 0 Å². The van der Waals surface area contributed by atoms with Crippen LogP contribution in [0.1, 0.15) is 12.8 Å². The molecule has 0 spiro atoms. The Balaban J connectivity index is 1.43. The third kappa shape index (κ3) is 3.28. The van der Waals surface area contributed by atoms with E-state index >= 15 is 0 Å². The summed E-state index contributed by atoms with van der Waals surface area (Å²) in [6, 6.07) is 0. The molecule has 0 N–H and O–H groups in total. The third-order valence-electron chi connectivity index (χ3n) is 7.55. The monoisotopic (exact) mass is 538 g/mol. The Morgan fingerprint density at radius 2 is 1.47 bits per heavy atom. The van der Waals surface area contributed by atoms with E-state index in [1.54, 1.807) is 12.2 Å². The fraction of sp³-hybridized carbons (Fsp3) is 0.750. The van der Waals surface area contributed by atoms with Crippen molar-refractivity contribution in [2.24, 2.45) is 29.6 Å². The Bertz CT molecular complexity index is 980. The van der Waals surface area contributed by atoms with Gasteiger partial charge >= 0.3 is 42.0 Å². The number of alkyl halides is 9. The van der Waals surface area contributed by atoms with Gasteiger partial charge < -0.3 is 18.9 Å². The van der Waals surface area contributed by atoms with Gasteiger partial charge in [-0.3, -0.25) is 14.4 Å². The Kier molecular flexibility index (Phi) is 5.24. The lowest BCUT2D eigenvalue weighted by atomic mass is 9.78. The summed E-state index contributed by atoms with van der Waals surface area (Å²) in [5.74, 6) is -11.6. The maximum Gasteiger partial charge on any atom is 0.447 e. The zero-order chi connectivity index (χ0) is 26.6. The number of fused-ring (bicyclic) bond motifs is 3. The van der Waals surface area contributed by atoms with Crippen molar-refractivity contribution in [3.63, 3.8) is 0 Å². The highest BCUT2D eigenvalue weighted by Gasteiger charge is 2.88. The lowest BCUT2D eigenvalue weighted by molar-refractivity contribution is -0.447. The molecule has 200 valence electrons. The van der Waals surface area contributed by atoms with Gasteiger partial charge in [0.15, 0.2) is 0 Å². The fourth-order valence-electron chi connectivity index (χ4n) is 6.07. The quantitative estimate of drug-likeness (QED) is 0.236. The van der Waals surface area contributed by atoms with Gasteiger partial charge in [0.25, 0.3) is 0 Å². The highest BCUT2D eigenvalue weighted by atomic mass is 19.4. The van der Waals surface area contributed by atoms with Gasteiger partial charge in [-0.05, 0) is 12.8 Å². The molecule has 16 heteroatoms. The predicted molar refractivity (Wildman–Crippen MR) is 91.2 cm³/mol. The molecule has 0 aromatic carbocycles. The van der Waals surface area contributed by atoms with Crippen LogP contribution in [0.4, 0.5) is 39.5 Å². The maximum absolute atomic E-state index is 13.3. The van der Waals surface area contributed by atoms with E-state index in [0.29, 0.717) is 0 Å². The van der Waals surface area contributed by atoms with Gasteiger partial charge in [0, 0.05) is 11.8 Å². The van der Waals surface area contributed by atoms with Crippen molar-refractivity contribution in [2.45, 2.75) is 61.4 Å². The number of carbonyl (C=O) groups excluding carboxylic acids is 3. The van der Waals surface area contributed by atoms with Gasteiger partial charge in [0.05, 0.1) is 30.0 Å². The molecule has 0 amide bonds. The average molecular weight is 538 g/mol. The maximum atomic E-state index is 13.3. The number of hydrogen-bond acceptors (Lipinski definition) is 7. The highest BCUT2D eigenvalue weighted by Crippen LogP contribution is 2.61. The standard InChI is InChI=1S/C20H15F9O7/c21-18(22,23)17(19(24,25)26,20(27,28)29)36-16(32)11-8-4-7-10(11)15(31)35-13(7)12(8)34-14(30)6-3-5-1-2-9(6)33-5/h1-2,5-13H,3-4H2. The molecule has 2 saturated carbocycles. The third-order valence-corrected chi connectivity index (χ3v) is 7.55. The first-order valence-corrected chi connectivity index (χ1v) is 10.7. The second-order valence-electron chi connectivity index (χ2n) is 9.38. The number of halogens is 9. The first-order valence-electron chi connectivity index (χ1n) is 10.7. The molecule has 0 aromatic rings. The molecule has 3 heterocycles. The van der Waals surface area contributed by atoms with E-state index < -0.39 is 89.9 Å². The topological polar surface area (TPSA) is 88.1 Å². The molecule has 5 aliphatic rings. The smallest absolute Gasteiger partial charge is 0.447 e. The van der Waals surface area contributed by atoms with Crippen molar-refractivity contribution in [1.82, 2.24) is 0 Å². The van der Waals surface area contributed by atoms with Crippen molar-refractivity contribution in [1.29, 1.82) is 0 Å². The van der Waals surface area contributed by atoms with Crippen molar-refractivity contribution in [3.05, 3.63) is 12.2 Å². The summed E-state index contributed by atoms with van der Waals surface area (Å²) in [6.07, 6.45) is -21.7. The summed E-state index contributed by atoms with van der Waals surface area (Å²) in [5.41, 5.74) is -6.83. The van der Waals surface area contributed by atoms with E-state index in [4.69, 9.17) is 14.2 Å². The van der Waals surface area contributed by atoms with E-state index in [2.05, 4.69) is 4.74 Å². The lowest BCUT2D eigenvalue weighted by Crippen LogP contribution is -2.69. The molecule has 3 aliphatic heterocycles. The summed E-state index contributed by atoms with van der Waals surface area (Å²) in [4.78, 5) is 37.6. The molecule has 9 unspecified atom stereocenters. The molecule has 4 bridgehead atoms. The minimum Gasteiger partial charge on any atom is -0.458 e. The molecule has 7 nitrogen and oxygen atoms in total. The molecule has 36 heavy (non-hydrogen) atoms. The Morgan fingerprint density at radius 3 is 1.97 bits per heavy atom. The van der Waals surface area contributed by atoms with Crippen molar-refractivity contribution in [2.75, 3.05) is 0 Å². The van der Waals surface area contributed by atoms with Crippen LogP contribution >= 0.6 is 0 Å². The number of rotatable bonds is 4. The average Bonchev–Trinajstić information content (AvgIpc) is 3.50. The first-order chi connectivity index (χ1) is 16.5. The molecule has 0 aromatic heterocycles. The van der Waals surface area contributed by atoms with E-state index in [1.807, 2.05) is 0 Å². The minimum atomic E-state index is -7.13. The summed E-state index contributed by atoms with van der Waals surface area (Å²) in [5, 5.41) is 0. The molecule has 4 fully saturated rings. The van der Waals surface area contributed by atoms with Gasteiger partial charge in [-0.15, -0.1) is 0 Å². The minimum absolute atomic E-state index is 0.219. The molecule has 9 atom stereocenters. The van der Waals surface area contributed by atoms with E-state index in [1.165, 1.54) is 0 Å². The summed E-state index contributed by atoms with van der Waals surface area (Å²) < 4.78 is 139. The molecule has 2 aliphatic carbocycles. The van der Waals surface area contributed by atoms with Crippen LogP contribution in [-0.2, 0) is 33.3 Å². The van der Waals surface area contributed by atoms with Crippen LogP contribution in [0.25, 0.3) is 0 Å². The normalized spacial score (nSPS) is 39.0. The van der Waals surface area contributed by atoms with Crippen molar-refractivity contribution in [3.8, 4) is 0 Å². The van der Waals surface area contributed by atoms with Gasteiger partial charge in [-0.2, -0.15) is 39.5 Å². The second kappa shape index (κ2) is 7.51. The molecular weight excluding hydrogens is 523 g/mol. The summed E-state index contributed by atoms with van der Waals surface area (Å²) in [7, 11) is 0. The highest BCUT2D eigenvalue weighted by molar-refractivity contribution is 5.86. The largest absolute Gasteiger partial charge is 0.458 e. The van der Waals surface area contributed by atoms with Gasteiger partial charge in [-0.1, -0.05) is 12.2 Å². The zero-order valence-corrected chi connectivity index (χ0v) is 17.5. The number of carbonyl (C=O) groups is 3. The van der Waals surface area contributed by atoms with Crippen LogP contribution < -0.4 is 0 Å². The van der Waals surface area contributed by atoms with Crippen molar-refractivity contribution >= 4 is 17.9 Å². The predicted octanol–water partition coefficient (Wildman–Crippen LogP) is 3.02. The molecule has 5 rings (SSSR count). The van der Waals surface area contributed by atoms with Crippen LogP contribution in [0.5, 0.6) is 0 Å². The van der Waals surface area contributed by atoms with E-state index in [0.717, 1.165) is 0 Å². The van der Waals surface area contributed by atoms with E-state index in [-0.39, 0.29) is 18.9 Å². The van der Waals surface area contributed by atoms with Crippen LogP contribution in [0, 0.1) is 29.6 Å². The van der Waals surface area contributed by atoms with Crippen LogP contribution in [-0.4, -0.2) is 66.5 Å². The van der Waals surface area contributed by atoms with Crippen LogP contribution in [0.15, 0.2) is 12.2 Å². The van der Waals surface area contributed by atoms with Crippen LogP contribution in [0.3, 0.4) is 0 Å².